The summed E-state index contributed by atoms with van der Waals surface area (Å²) < 4.78 is 10.3. The summed E-state index contributed by atoms with van der Waals surface area (Å²) in [5.74, 6) is 0.912. The van der Waals surface area contributed by atoms with Crippen molar-refractivity contribution in [2.24, 2.45) is 0 Å². The summed E-state index contributed by atoms with van der Waals surface area (Å²) in [6, 6.07) is 9.94. The number of anilines is 1. The molecule has 0 saturated heterocycles. The second-order valence-corrected chi connectivity index (χ2v) is 4.47. The van der Waals surface area contributed by atoms with Crippen LogP contribution >= 0.6 is 0 Å². The lowest BCUT2D eigenvalue weighted by atomic mass is 10.1. The van der Waals surface area contributed by atoms with Gasteiger partial charge in [0.15, 0.2) is 0 Å². The third kappa shape index (κ3) is 3.08. The molecule has 5 nitrogen and oxygen atoms in total. The molecule has 2 aromatic carbocycles. The summed E-state index contributed by atoms with van der Waals surface area (Å²) in [6.45, 7) is 1.69. The van der Waals surface area contributed by atoms with Crippen LogP contribution < -0.4 is 14.8 Å². The molecule has 0 saturated carbocycles. The quantitative estimate of drug-likeness (QED) is 0.907. The predicted octanol–water partition coefficient (Wildman–Crippen LogP) is 2.97. The number of rotatable bonds is 4. The molecule has 0 aliphatic carbocycles. The van der Waals surface area contributed by atoms with Gasteiger partial charge in [-0.25, -0.2) is 0 Å². The van der Waals surface area contributed by atoms with Crippen LogP contribution in [0.15, 0.2) is 36.4 Å². The maximum absolute atomic E-state index is 12.3. The molecule has 0 aromatic heterocycles. The van der Waals surface area contributed by atoms with Crippen LogP contribution in [0.1, 0.15) is 15.9 Å². The highest BCUT2D eigenvalue weighted by molar-refractivity contribution is 6.06. The lowest BCUT2D eigenvalue weighted by Gasteiger charge is -2.13. The Morgan fingerprint density at radius 1 is 1.14 bits per heavy atom. The number of aromatic hydroxyl groups is 1. The van der Waals surface area contributed by atoms with Gasteiger partial charge in [-0.1, -0.05) is 6.07 Å². The van der Waals surface area contributed by atoms with Gasteiger partial charge in [-0.05, 0) is 31.2 Å². The standard InChI is InChI=1S/C16H17NO4/c1-10-12(5-4-6-14(10)18)16(19)17-13-8-7-11(20-2)9-15(13)21-3/h4-9,18H,1-3H3,(H,17,19). The molecule has 5 heteroatoms. The average molecular weight is 287 g/mol. The van der Waals surface area contributed by atoms with Gasteiger partial charge in [0, 0.05) is 17.2 Å². The first kappa shape index (κ1) is 14.7. The molecule has 0 unspecified atom stereocenters. The molecule has 0 aliphatic heterocycles. The number of amides is 1. The molecule has 21 heavy (non-hydrogen) atoms. The van der Waals surface area contributed by atoms with Crippen molar-refractivity contribution >= 4 is 11.6 Å². The van der Waals surface area contributed by atoms with Crippen molar-refractivity contribution in [1.29, 1.82) is 0 Å². The number of carbonyl (C=O) groups excluding carboxylic acids is 1. The number of hydrogen-bond donors (Lipinski definition) is 2. The zero-order chi connectivity index (χ0) is 15.4. The molecule has 0 bridgehead atoms. The van der Waals surface area contributed by atoms with Crippen molar-refractivity contribution in [3.05, 3.63) is 47.5 Å². The number of nitrogens with one attached hydrogen (secondary N) is 1. The summed E-state index contributed by atoms with van der Waals surface area (Å²) >= 11 is 0. The first-order chi connectivity index (χ1) is 10.1. The Morgan fingerprint density at radius 3 is 2.57 bits per heavy atom. The molecule has 0 spiro atoms. The fourth-order valence-electron chi connectivity index (χ4n) is 1.96. The molecular weight excluding hydrogens is 270 g/mol. The van der Waals surface area contributed by atoms with Gasteiger partial charge in [0.05, 0.1) is 19.9 Å². The Bertz CT molecular complexity index is 667. The van der Waals surface area contributed by atoms with E-state index in [1.165, 1.54) is 7.11 Å². The smallest absolute Gasteiger partial charge is 0.256 e. The van der Waals surface area contributed by atoms with Crippen molar-refractivity contribution in [3.8, 4) is 17.2 Å². The van der Waals surface area contributed by atoms with Crippen LogP contribution in [0.2, 0.25) is 0 Å². The normalized spacial score (nSPS) is 10.0. The molecule has 2 N–H and O–H groups in total. The molecule has 0 atom stereocenters. The molecule has 110 valence electrons. The number of ether oxygens (including phenoxy) is 2. The minimum Gasteiger partial charge on any atom is -0.508 e. The molecule has 0 radical (unpaired) electrons. The molecule has 2 rings (SSSR count). The van der Waals surface area contributed by atoms with Gasteiger partial charge in [-0.15, -0.1) is 0 Å². The van der Waals surface area contributed by atoms with Crippen molar-refractivity contribution in [2.75, 3.05) is 19.5 Å². The highest BCUT2D eigenvalue weighted by Gasteiger charge is 2.14. The van der Waals surface area contributed by atoms with Gasteiger partial charge in [0.25, 0.3) is 5.91 Å². The second kappa shape index (κ2) is 6.17. The maximum Gasteiger partial charge on any atom is 0.256 e. The summed E-state index contributed by atoms with van der Waals surface area (Å²) in [4.78, 5) is 12.3. The van der Waals surface area contributed by atoms with Crippen molar-refractivity contribution < 1.29 is 19.4 Å². The first-order valence-electron chi connectivity index (χ1n) is 6.38. The van der Waals surface area contributed by atoms with Gasteiger partial charge in [-0.3, -0.25) is 4.79 Å². The second-order valence-electron chi connectivity index (χ2n) is 4.47. The van der Waals surface area contributed by atoms with E-state index >= 15 is 0 Å². The molecule has 0 fully saturated rings. The zero-order valence-electron chi connectivity index (χ0n) is 12.1. The van der Waals surface area contributed by atoms with E-state index in [1.807, 2.05) is 0 Å². The van der Waals surface area contributed by atoms with Gasteiger partial charge in [0.1, 0.15) is 17.2 Å². The van der Waals surface area contributed by atoms with E-state index in [1.54, 1.807) is 50.4 Å². The van der Waals surface area contributed by atoms with E-state index in [9.17, 15) is 9.90 Å². The van der Waals surface area contributed by atoms with Crippen LogP contribution in [-0.4, -0.2) is 25.2 Å². The minimum absolute atomic E-state index is 0.0874. The predicted molar refractivity (Wildman–Crippen MR) is 80.3 cm³/mol. The van der Waals surface area contributed by atoms with E-state index in [2.05, 4.69) is 5.32 Å². The number of phenols is 1. The Morgan fingerprint density at radius 2 is 1.90 bits per heavy atom. The zero-order valence-corrected chi connectivity index (χ0v) is 12.1. The van der Waals surface area contributed by atoms with Gasteiger partial charge in [-0.2, -0.15) is 0 Å². The highest BCUT2D eigenvalue weighted by atomic mass is 16.5. The van der Waals surface area contributed by atoms with Crippen molar-refractivity contribution in [3.63, 3.8) is 0 Å². The van der Waals surface area contributed by atoms with Gasteiger partial charge < -0.3 is 19.9 Å². The highest BCUT2D eigenvalue weighted by Crippen LogP contribution is 2.30. The van der Waals surface area contributed by atoms with Crippen LogP contribution in [0.4, 0.5) is 5.69 Å². The number of carbonyl (C=O) groups is 1. The Labute approximate surface area is 123 Å². The number of phenolic OH excluding ortho intramolecular Hbond substituents is 1. The van der Waals surface area contributed by atoms with E-state index in [0.29, 0.717) is 28.3 Å². The Balaban J connectivity index is 2.29. The van der Waals surface area contributed by atoms with Gasteiger partial charge in [0.2, 0.25) is 0 Å². The topological polar surface area (TPSA) is 67.8 Å². The van der Waals surface area contributed by atoms with E-state index in [4.69, 9.17) is 9.47 Å². The summed E-state index contributed by atoms with van der Waals surface area (Å²) in [6.07, 6.45) is 0. The monoisotopic (exact) mass is 287 g/mol. The third-order valence-electron chi connectivity index (χ3n) is 3.21. The minimum atomic E-state index is -0.313. The number of methoxy groups -OCH3 is 2. The molecular formula is C16H17NO4. The Hall–Kier alpha value is -2.69. The largest absolute Gasteiger partial charge is 0.508 e. The molecule has 0 heterocycles. The van der Waals surface area contributed by atoms with Crippen molar-refractivity contribution in [2.45, 2.75) is 6.92 Å². The van der Waals surface area contributed by atoms with Crippen LogP contribution in [-0.2, 0) is 0 Å². The van der Waals surface area contributed by atoms with Crippen LogP contribution in [0.3, 0.4) is 0 Å². The van der Waals surface area contributed by atoms with Crippen LogP contribution in [0.5, 0.6) is 17.2 Å². The van der Waals surface area contributed by atoms with Crippen LogP contribution in [0.25, 0.3) is 0 Å². The van der Waals surface area contributed by atoms with E-state index in [-0.39, 0.29) is 11.7 Å². The average Bonchev–Trinajstić information content (AvgIpc) is 2.50. The first-order valence-corrected chi connectivity index (χ1v) is 6.38. The molecule has 1 amide bonds. The SMILES string of the molecule is COc1ccc(NC(=O)c2cccc(O)c2C)c(OC)c1. The molecule has 0 aliphatic rings. The number of hydrogen-bond acceptors (Lipinski definition) is 4. The van der Waals surface area contributed by atoms with Crippen molar-refractivity contribution in [1.82, 2.24) is 0 Å². The Kier molecular flexibility index (Phi) is 4.33. The van der Waals surface area contributed by atoms with Crippen LogP contribution in [0, 0.1) is 6.92 Å². The summed E-state index contributed by atoms with van der Waals surface area (Å²) in [5.41, 5.74) is 1.47. The van der Waals surface area contributed by atoms with Gasteiger partial charge >= 0.3 is 0 Å². The van der Waals surface area contributed by atoms with E-state index in [0.717, 1.165) is 0 Å². The fourth-order valence-corrected chi connectivity index (χ4v) is 1.96. The lowest BCUT2D eigenvalue weighted by molar-refractivity contribution is 0.102. The lowest BCUT2D eigenvalue weighted by Crippen LogP contribution is -2.14. The maximum atomic E-state index is 12.3. The summed E-state index contributed by atoms with van der Waals surface area (Å²) in [7, 11) is 3.08. The third-order valence-corrected chi connectivity index (χ3v) is 3.21. The van der Waals surface area contributed by atoms with E-state index < -0.39 is 0 Å². The molecule has 2 aromatic rings. The number of benzene rings is 2. The fraction of sp³-hybridized carbons (Fsp3) is 0.188. The summed E-state index contributed by atoms with van der Waals surface area (Å²) in [5, 5.41) is 12.4.